The minimum atomic E-state index is -0.553. The minimum Gasteiger partial charge on any atom is -0.393 e. The number of aliphatic hydroxyl groups is 1. The van der Waals surface area contributed by atoms with E-state index in [0.29, 0.717) is 18.7 Å². The van der Waals surface area contributed by atoms with E-state index in [9.17, 15) is 20.0 Å². The van der Waals surface area contributed by atoms with Crippen LogP contribution < -0.4 is 4.90 Å². The highest BCUT2D eigenvalue weighted by Crippen LogP contribution is 2.25. The molecule has 0 spiro atoms. The second kappa shape index (κ2) is 6.29. The Morgan fingerprint density at radius 2 is 2.16 bits per heavy atom. The average molecular weight is 266 g/mol. The number of nitro benzene ring substituents is 1. The number of hydrogen-bond acceptors (Lipinski definition) is 5. The van der Waals surface area contributed by atoms with Gasteiger partial charge in [0.05, 0.1) is 16.6 Å². The van der Waals surface area contributed by atoms with Crippen molar-refractivity contribution in [2.75, 3.05) is 18.5 Å². The van der Waals surface area contributed by atoms with Crippen LogP contribution in [0.4, 0.5) is 11.4 Å². The summed E-state index contributed by atoms with van der Waals surface area (Å²) < 4.78 is 0. The van der Waals surface area contributed by atoms with E-state index in [-0.39, 0.29) is 17.0 Å². The van der Waals surface area contributed by atoms with E-state index in [1.165, 1.54) is 19.1 Å². The molecule has 0 bridgehead atoms. The number of carbonyl (C=O) groups is 1. The summed E-state index contributed by atoms with van der Waals surface area (Å²) in [5, 5.41) is 20.2. The van der Waals surface area contributed by atoms with Gasteiger partial charge in [0.2, 0.25) is 0 Å². The average Bonchev–Trinajstić information content (AvgIpc) is 2.34. The molecule has 1 N–H and O–H groups in total. The number of aliphatic hydroxyl groups excluding tert-OH is 1. The third kappa shape index (κ3) is 4.03. The molecular formula is C13H18N2O4. The lowest BCUT2D eigenvalue weighted by molar-refractivity contribution is -0.385. The van der Waals surface area contributed by atoms with Gasteiger partial charge in [0, 0.05) is 25.3 Å². The number of anilines is 1. The van der Waals surface area contributed by atoms with Crippen molar-refractivity contribution in [2.45, 2.75) is 26.4 Å². The van der Waals surface area contributed by atoms with Crippen LogP contribution in [0.5, 0.6) is 0 Å². The number of carbonyl (C=O) groups excluding carboxylic acids is 1. The van der Waals surface area contributed by atoms with Crippen LogP contribution in [0.3, 0.4) is 0 Å². The van der Waals surface area contributed by atoms with Crippen LogP contribution in [0.15, 0.2) is 18.2 Å². The zero-order valence-electron chi connectivity index (χ0n) is 11.3. The van der Waals surface area contributed by atoms with Crippen LogP contribution >= 0.6 is 0 Å². The summed E-state index contributed by atoms with van der Waals surface area (Å²) in [7, 11) is 1.79. The van der Waals surface area contributed by atoms with Crippen molar-refractivity contribution in [1.82, 2.24) is 0 Å². The van der Waals surface area contributed by atoms with Gasteiger partial charge in [-0.25, -0.2) is 0 Å². The molecule has 1 aromatic rings. The molecule has 0 aliphatic heterocycles. The highest BCUT2D eigenvalue weighted by Gasteiger charge is 2.18. The fraction of sp³-hybridized carbons (Fsp3) is 0.462. The molecular weight excluding hydrogens is 248 g/mol. The monoisotopic (exact) mass is 266 g/mol. The van der Waals surface area contributed by atoms with Gasteiger partial charge in [0.15, 0.2) is 5.78 Å². The lowest BCUT2D eigenvalue weighted by atomic mass is 10.1. The summed E-state index contributed by atoms with van der Waals surface area (Å²) in [5.41, 5.74) is 0.573. The Hall–Kier alpha value is -1.95. The van der Waals surface area contributed by atoms with Gasteiger partial charge < -0.3 is 10.0 Å². The van der Waals surface area contributed by atoms with Crippen LogP contribution in [0.25, 0.3) is 0 Å². The molecule has 0 heterocycles. The van der Waals surface area contributed by atoms with E-state index < -0.39 is 11.0 Å². The molecule has 6 nitrogen and oxygen atoms in total. The molecule has 19 heavy (non-hydrogen) atoms. The Balaban J connectivity index is 3.01. The van der Waals surface area contributed by atoms with Gasteiger partial charge in [-0.3, -0.25) is 14.9 Å². The van der Waals surface area contributed by atoms with Crippen LogP contribution in [-0.4, -0.2) is 35.5 Å². The first-order valence-corrected chi connectivity index (χ1v) is 6.01. The quantitative estimate of drug-likeness (QED) is 0.483. The first-order valence-electron chi connectivity index (χ1n) is 6.01. The SMILES string of the molecule is CC(=O)c1ccc(N(C)CCC(C)O)cc1[N+](=O)[O-]. The molecule has 0 radical (unpaired) electrons. The van der Waals surface area contributed by atoms with Gasteiger partial charge >= 0.3 is 0 Å². The molecule has 0 fully saturated rings. The number of hydrogen-bond donors (Lipinski definition) is 1. The topological polar surface area (TPSA) is 83.7 Å². The molecule has 1 unspecified atom stereocenters. The fourth-order valence-corrected chi connectivity index (χ4v) is 1.72. The highest BCUT2D eigenvalue weighted by molar-refractivity contribution is 5.98. The molecule has 0 aromatic heterocycles. The van der Waals surface area contributed by atoms with Crippen molar-refractivity contribution in [3.63, 3.8) is 0 Å². The van der Waals surface area contributed by atoms with E-state index in [1.807, 2.05) is 4.90 Å². The number of nitrogens with zero attached hydrogens (tertiary/aromatic N) is 2. The third-order valence-electron chi connectivity index (χ3n) is 2.88. The Kier molecular flexibility index (Phi) is 5.00. The minimum absolute atomic E-state index is 0.109. The number of benzene rings is 1. The van der Waals surface area contributed by atoms with Gasteiger partial charge in [-0.2, -0.15) is 0 Å². The molecule has 1 aromatic carbocycles. The zero-order chi connectivity index (χ0) is 14.6. The van der Waals surface area contributed by atoms with Crippen LogP contribution in [0, 0.1) is 10.1 Å². The number of rotatable bonds is 6. The number of nitro groups is 1. The second-order valence-electron chi connectivity index (χ2n) is 4.57. The third-order valence-corrected chi connectivity index (χ3v) is 2.88. The summed E-state index contributed by atoms with van der Waals surface area (Å²) in [6.45, 7) is 3.57. The first-order chi connectivity index (χ1) is 8.82. The van der Waals surface area contributed by atoms with Crippen molar-refractivity contribution < 1.29 is 14.8 Å². The summed E-state index contributed by atoms with van der Waals surface area (Å²) in [5.74, 6) is -0.329. The largest absolute Gasteiger partial charge is 0.393 e. The van der Waals surface area contributed by atoms with Crippen molar-refractivity contribution >= 4 is 17.2 Å². The normalized spacial score (nSPS) is 12.0. The molecule has 6 heteroatoms. The van der Waals surface area contributed by atoms with E-state index in [0.717, 1.165) is 0 Å². The van der Waals surface area contributed by atoms with Crippen LogP contribution in [0.1, 0.15) is 30.6 Å². The Morgan fingerprint density at radius 1 is 1.53 bits per heavy atom. The smallest absolute Gasteiger partial charge is 0.282 e. The molecule has 1 atom stereocenters. The van der Waals surface area contributed by atoms with Gasteiger partial charge in [0.25, 0.3) is 5.69 Å². The van der Waals surface area contributed by atoms with Gasteiger partial charge in [-0.05, 0) is 32.4 Å². The highest BCUT2D eigenvalue weighted by atomic mass is 16.6. The lowest BCUT2D eigenvalue weighted by Gasteiger charge is -2.20. The Bertz CT molecular complexity index is 486. The zero-order valence-corrected chi connectivity index (χ0v) is 11.3. The maximum atomic E-state index is 11.3. The second-order valence-corrected chi connectivity index (χ2v) is 4.57. The van der Waals surface area contributed by atoms with Crippen molar-refractivity contribution in [2.24, 2.45) is 0 Å². The maximum absolute atomic E-state index is 11.3. The van der Waals surface area contributed by atoms with E-state index in [1.54, 1.807) is 20.0 Å². The fourth-order valence-electron chi connectivity index (χ4n) is 1.72. The predicted octanol–water partition coefficient (Wildman–Crippen LogP) is 2.00. The van der Waals surface area contributed by atoms with Crippen molar-refractivity contribution in [3.05, 3.63) is 33.9 Å². The molecule has 1 rings (SSSR count). The van der Waals surface area contributed by atoms with Crippen molar-refractivity contribution in [1.29, 1.82) is 0 Å². The standard InChI is InChI=1S/C13H18N2O4/c1-9(16)6-7-14(3)11-4-5-12(10(2)17)13(8-11)15(18)19/h4-5,8-9,16H,6-7H2,1-3H3. The van der Waals surface area contributed by atoms with Crippen LogP contribution in [-0.2, 0) is 0 Å². The summed E-state index contributed by atoms with van der Waals surface area (Å²) >= 11 is 0. The van der Waals surface area contributed by atoms with E-state index in [4.69, 9.17) is 0 Å². The maximum Gasteiger partial charge on any atom is 0.282 e. The Morgan fingerprint density at radius 3 is 2.63 bits per heavy atom. The molecule has 0 saturated heterocycles. The van der Waals surface area contributed by atoms with Gasteiger partial charge in [-0.1, -0.05) is 0 Å². The molecule has 0 amide bonds. The van der Waals surface area contributed by atoms with Gasteiger partial charge in [-0.15, -0.1) is 0 Å². The summed E-state index contributed by atoms with van der Waals surface area (Å²) in [6.07, 6.45) is 0.146. The molecule has 0 aliphatic carbocycles. The summed E-state index contributed by atoms with van der Waals surface area (Å²) in [4.78, 5) is 23.5. The lowest BCUT2D eigenvalue weighted by Crippen LogP contribution is -2.22. The number of ketones is 1. The van der Waals surface area contributed by atoms with Crippen molar-refractivity contribution in [3.8, 4) is 0 Å². The first kappa shape index (κ1) is 15.1. The molecule has 0 saturated carbocycles. The van der Waals surface area contributed by atoms with E-state index in [2.05, 4.69) is 0 Å². The molecule has 0 aliphatic rings. The predicted molar refractivity (Wildman–Crippen MR) is 72.7 cm³/mol. The van der Waals surface area contributed by atoms with Gasteiger partial charge in [0.1, 0.15) is 0 Å². The van der Waals surface area contributed by atoms with Crippen LogP contribution in [0.2, 0.25) is 0 Å². The number of Topliss-reactive ketones (excluding diaryl/α,β-unsaturated/α-hetero) is 1. The van der Waals surface area contributed by atoms with E-state index >= 15 is 0 Å². The summed E-state index contributed by atoms with van der Waals surface area (Å²) in [6, 6.07) is 4.53. The Labute approximate surface area is 111 Å². The molecule has 104 valence electrons.